The summed E-state index contributed by atoms with van der Waals surface area (Å²) in [4.78, 5) is 34.7. The van der Waals surface area contributed by atoms with Gasteiger partial charge in [-0.15, -0.1) is 0 Å². The molecule has 28 heavy (non-hydrogen) atoms. The summed E-state index contributed by atoms with van der Waals surface area (Å²) in [5.41, 5.74) is 0.679. The minimum atomic E-state index is -0.832. The first-order chi connectivity index (χ1) is 13.5. The number of amides is 1. The maximum atomic E-state index is 12.3. The summed E-state index contributed by atoms with van der Waals surface area (Å²) in [6.07, 6.45) is 0. The van der Waals surface area contributed by atoms with E-state index in [-0.39, 0.29) is 11.3 Å². The van der Waals surface area contributed by atoms with Gasteiger partial charge >= 0.3 is 5.97 Å². The summed E-state index contributed by atoms with van der Waals surface area (Å²) in [6, 6.07) is 16.9. The number of ether oxygens (including phenoxy) is 1. The largest absolute Gasteiger partial charge is 0.452 e. The lowest BCUT2D eigenvalue weighted by molar-refractivity contribution is -0.384. The van der Waals surface area contributed by atoms with Gasteiger partial charge < -0.3 is 15.4 Å². The molecular weight excluding hydrogens is 362 g/mol. The third-order valence-electron chi connectivity index (χ3n) is 4.07. The number of benzene rings is 3. The van der Waals surface area contributed by atoms with Crippen LogP contribution in [0.3, 0.4) is 0 Å². The Labute approximate surface area is 160 Å². The van der Waals surface area contributed by atoms with Gasteiger partial charge in [0.15, 0.2) is 6.61 Å². The number of nitrogens with zero attached hydrogens (tertiary/aromatic N) is 1. The number of hydrogen-bond acceptors (Lipinski definition) is 6. The first-order valence-corrected chi connectivity index (χ1v) is 8.40. The zero-order valence-electron chi connectivity index (χ0n) is 15.0. The van der Waals surface area contributed by atoms with Crippen molar-refractivity contribution in [1.82, 2.24) is 0 Å². The second kappa shape index (κ2) is 8.17. The number of non-ortho nitro benzene ring substituents is 1. The van der Waals surface area contributed by atoms with Crippen LogP contribution in [0.15, 0.2) is 60.7 Å². The van der Waals surface area contributed by atoms with Gasteiger partial charge in [-0.25, -0.2) is 4.79 Å². The summed E-state index contributed by atoms with van der Waals surface area (Å²) in [6.45, 7) is -0.516. The maximum absolute atomic E-state index is 12.3. The van der Waals surface area contributed by atoms with Crippen molar-refractivity contribution in [2.75, 3.05) is 24.3 Å². The van der Waals surface area contributed by atoms with Crippen LogP contribution in [-0.2, 0) is 9.53 Å². The Kier molecular flexibility index (Phi) is 5.50. The Morgan fingerprint density at radius 3 is 2.50 bits per heavy atom. The zero-order valence-corrected chi connectivity index (χ0v) is 15.0. The van der Waals surface area contributed by atoms with E-state index < -0.39 is 23.4 Å². The van der Waals surface area contributed by atoms with E-state index in [9.17, 15) is 19.7 Å². The van der Waals surface area contributed by atoms with Crippen molar-refractivity contribution in [3.05, 3.63) is 76.3 Å². The van der Waals surface area contributed by atoms with E-state index >= 15 is 0 Å². The lowest BCUT2D eigenvalue weighted by Crippen LogP contribution is -2.21. The number of carbonyl (C=O) groups is 2. The molecule has 0 saturated heterocycles. The molecule has 0 spiro atoms. The van der Waals surface area contributed by atoms with E-state index in [2.05, 4.69) is 10.6 Å². The number of nitro benzene ring substituents is 1. The highest BCUT2D eigenvalue weighted by molar-refractivity contribution is 5.99. The number of esters is 1. The Bertz CT molecular complexity index is 1060. The second-order valence-corrected chi connectivity index (χ2v) is 5.92. The van der Waals surface area contributed by atoms with Gasteiger partial charge in [-0.3, -0.25) is 14.9 Å². The molecule has 2 N–H and O–H groups in total. The minimum Gasteiger partial charge on any atom is -0.452 e. The fourth-order valence-corrected chi connectivity index (χ4v) is 2.71. The van der Waals surface area contributed by atoms with Crippen molar-refractivity contribution < 1.29 is 19.2 Å². The van der Waals surface area contributed by atoms with Crippen LogP contribution in [0, 0.1) is 10.1 Å². The number of carbonyl (C=O) groups excluding carboxylic acids is 2. The Hall–Kier alpha value is -3.94. The molecule has 0 aliphatic rings. The molecule has 0 saturated carbocycles. The molecule has 3 aromatic rings. The van der Waals surface area contributed by atoms with Gasteiger partial charge in [0.05, 0.1) is 10.5 Å². The van der Waals surface area contributed by atoms with E-state index in [1.807, 2.05) is 36.4 Å². The van der Waals surface area contributed by atoms with Crippen LogP contribution in [-0.4, -0.2) is 30.5 Å². The van der Waals surface area contributed by atoms with Crippen molar-refractivity contribution >= 4 is 39.7 Å². The lowest BCUT2D eigenvalue weighted by Gasteiger charge is -2.10. The highest BCUT2D eigenvalue weighted by Crippen LogP contribution is 2.23. The molecule has 0 aliphatic carbocycles. The average Bonchev–Trinajstić information content (AvgIpc) is 2.71. The molecule has 8 heteroatoms. The van der Waals surface area contributed by atoms with E-state index in [1.165, 1.54) is 12.1 Å². The van der Waals surface area contributed by atoms with Crippen LogP contribution >= 0.6 is 0 Å². The molecule has 0 aromatic heterocycles. The first-order valence-electron chi connectivity index (χ1n) is 8.40. The molecular formula is C20H17N3O5. The number of fused-ring (bicyclic) bond motifs is 1. The van der Waals surface area contributed by atoms with Crippen LogP contribution in [0.2, 0.25) is 0 Å². The third kappa shape index (κ3) is 4.24. The predicted octanol–water partition coefficient (Wildman–Crippen LogP) is 3.59. The summed E-state index contributed by atoms with van der Waals surface area (Å²) >= 11 is 0. The van der Waals surface area contributed by atoms with Crippen molar-refractivity contribution in [2.24, 2.45) is 0 Å². The molecule has 3 aromatic carbocycles. The van der Waals surface area contributed by atoms with Crippen LogP contribution in [0.4, 0.5) is 17.1 Å². The summed E-state index contributed by atoms with van der Waals surface area (Å²) in [5.74, 6) is -1.35. The van der Waals surface area contributed by atoms with Crippen molar-refractivity contribution in [2.45, 2.75) is 0 Å². The van der Waals surface area contributed by atoms with Crippen LogP contribution in [0.1, 0.15) is 10.4 Å². The van der Waals surface area contributed by atoms with Gasteiger partial charge in [0, 0.05) is 30.6 Å². The van der Waals surface area contributed by atoms with Crippen molar-refractivity contribution in [3.8, 4) is 0 Å². The van der Waals surface area contributed by atoms with E-state index in [0.717, 1.165) is 16.8 Å². The maximum Gasteiger partial charge on any atom is 0.341 e. The van der Waals surface area contributed by atoms with E-state index in [0.29, 0.717) is 11.4 Å². The Morgan fingerprint density at radius 2 is 1.79 bits per heavy atom. The zero-order chi connectivity index (χ0) is 20.1. The SMILES string of the molecule is CNc1ccc([N+](=O)[O-])cc1C(=O)OCC(=O)Nc1ccc2ccccc2c1. The second-order valence-electron chi connectivity index (χ2n) is 5.92. The van der Waals surface area contributed by atoms with E-state index in [4.69, 9.17) is 4.74 Å². The van der Waals surface area contributed by atoms with Crippen molar-refractivity contribution in [3.63, 3.8) is 0 Å². The summed E-state index contributed by atoms with van der Waals surface area (Å²) in [7, 11) is 1.57. The standard InChI is InChI=1S/C20H17N3O5/c1-21-18-9-8-16(23(26)27)11-17(18)20(25)28-12-19(24)22-15-7-6-13-4-2-3-5-14(13)10-15/h2-11,21H,12H2,1H3,(H,22,24). The number of rotatable bonds is 6. The lowest BCUT2D eigenvalue weighted by atomic mass is 10.1. The molecule has 0 heterocycles. The smallest absolute Gasteiger partial charge is 0.341 e. The predicted molar refractivity (Wildman–Crippen MR) is 106 cm³/mol. The molecule has 142 valence electrons. The molecule has 0 aliphatic heterocycles. The topological polar surface area (TPSA) is 111 Å². The average molecular weight is 379 g/mol. The van der Waals surface area contributed by atoms with Gasteiger partial charge in [0.25, 0.3) is 11.6 Å². The van der Waals surface area contributed by atoms with Gasteiger partial charge in [-0.1, -0.05) is 30.3 Å². The Morgan fingerprint density at radius 1 is 1.04 bits per heavy atom. The van der Waals surface area contributed by atoms with Crippen LogP contribution in [0.5, 0.6) is 0 Å². The fraction of sp³-hybridized carbons (Fsp3) is 0.100. The summed E-state index contributed by atoms with van der Waals surface area (Å²) in [5, 5.41) is 18.3. The molecule has 0 fully saturated rings. The molecule has 3 rings (SSSR count). The van der Waals surface area contributed by atoms with Gasteiger partial charge in [0.1, 0.15) is 0 Å². The minimum absolute atomic E-state index is 0.0183. The number of anilines is 2. The molecule has 8 nitrogen and oxygen atoms in total. The highest BCUT2D eigenvalue weighted by atomic mass is 16.6. The normalized spacial score (nSPS) is 10.3. The van der Waals surface area contributed by atoms with E-state index in [1.54, 1.807) is 13.1 Å². The first kappa shape index (κ1) is 18.8. The molecule has 0 unspecified atom stereocenters. The monoisotopic (exact) mass is 379 g/mol. The third-order valence-corrected chi connectivity index (χ3v) is 4.07. The summed E-state index contributed by atoms with van der Waals surface area (Å²) < 4.78 is 5.01. The van der Waals surface area contributed by atoms with Gasteiger partial charge in [-0.2, -0.15) is 0 Å². The van der Waals surface area contributed by atoms with Crippen LogP contribution < -0.4 is 10.6 Å². The molecule has 0 radical (unpaired) electrons. The molecule has 0 atom stereocenters. The quantitative estimate of drug-likeness (QED) is 0.385. The number of nitro groups is 1. The number of nitrogens with one attached hydrogen (secondary N) is 2. The van der Waals surface area contributed by atoms with Gasteiger partial charge in [0.2, 0.25) is 0 Å². The molecule has 0 bridgehead atoms. The number of hydrogen-bond donors (Lipinski definition) is 2. The Balaban J connectivity index is 1.66. The highest BCUT2D eigenvalue weighted by Gasteiger charge is 2.18. The fourth-order valence-electron chi connectivity index (χ4n) is 2.71. The van der Waals surface area contributed by atoms with Crippen LogP contribution in [0.25, 0.3) is 10.8 Å². The molecule has 1 amide bonds. The van der Waals surface area contributed by atoms with Crippen molar-refractivity contribution in [1.29, 1.82) is 0 Å². The van der Waals surface area contributed by atoms with Gasteiger partial charge in [-0.05, 0) is 29.0 Å².